The van der Waals surface area contributed by atoms with E-state index in [2.05, 4.69) is 28.6 Å². The van der Waals surface area contributed by atoms with Crippen molar-refractivity contribution in [3.63, 3.8) is 0 Å². The van der Waals surface area contributed by atoms with Gasteiger partial charge in [-0.2, -0.15) is 0 Å². The molecule has 2 heterocycles. The molecule has 0 radical (unpaired) electrons. The Labute approximate surface area is 112 Å². The molecule has 3 rings (SSSR count). The van der Waals surface area contributed by atoms with E-state index in [1.54, 1.807) is 0 Å². The topological polar surface area (TPSA) is 17.4 Å². The van der Waals surface area contributed by atoms with Crippen molar-refractivity contribution in [2.75, 3.05) is 26.3 Å². The molecule has 1 aromatic heterocycles. The molecule has 1 aliphatic rings. The summed E-state index contributed by atoms with van der Waals surface area (Å²) in [5, 5.41) is 2.05. The molecule has 1 aromatic carbocycles. The van der Waals surface area contributed by atoms with Crippen molar-refractivity contribution in [1.82, 2.24) is 9.47 Å². The SMILES string of the molecule is Cn1c(CN2CCOCC2)cc2ccc(Cl)cc21. The van der Waals surface area contributed by atoms with Crippen LogP contribution in [0.2, 0.25) is 5.02 Å². The first kappa shape index (κ1) is 12.0. The highest BCUT2D eigenvalue weighted by Gasteiger charge is 2.13. The highest BCUT2D eigenvalue weighted by Crippen LogP contribution is 2.23. The molecule has 0 unspecified atom stereocenters. The third kappa shape index (κ3) is 2.26. The molecular formula is C14H17ClN2O. The van der Waals surface area contributed by atoms with Gasteiger partial charge in [0.15, 0.2) is 0 Å². The minimum Gasteiger partial charge on any atom is -0.379 e. The molecule has 0 atom stereocenters. The lowest BCUT2D eigenvalue weighted by molar-refractivity contribution is 0.0333. The third-order valence-electron chi connectivity index (χ3n) is 3.60. The maximum Gasteiger partial charge on any atom is 0.0594 e. The molecule has 0 aliphatic carbocycles. The van der Waals surface area contributed by atoms with Crippen LogP contribution in [-0.4, -0.2) is 35.8 Å². The summed E-state index contributed by atoms with van der Waals surface area (Å²) in [6.45, 7) is 4.70. The molecule has 1 saturated heterocycles. The monoisotopic (exact) mass is 264 g/mol. The van der Waals surface area contributed by atoms with E-state index >= 15 is 0 Å². The second-order valence-electron chi connectivity index (χ2n) is 4.79. The number of rotatable bonds is 2. The number of hydrogen-bond acceptors (Lipinski definition) is 2. The summed E-state index contributed by atoms with van der Waals surface area (Å²) in [5.41, 5.74) is 2.53. The Kier molecular flexibility index (Phi) is 3.29. The van der Waals surface area contributed by atoms with Crippen LogP contribution in [0.25, 0.3) is 10.9 Å². The zero-order valence-electron chi connectivity index (χ0n) is 10.5. The maximum atomic E-state index is 6.05. The second kappa shape index (κ2) is 4.92. The number of aromatic nitrogens is 1. The van der Waals surface area contributed by atoms with Crippen molar-refractivity contribution in [3.8, 4) is 0 Å². The van der Waals surface area contributed by atoms with Crippen molar-refractivity contribution < 1.29 is 4.74 Å². The lowest BCUT2D eigenvalue weighted by Gasteiger charge is -2.26. The van der Waals surface area contributed by atoms with Gasteiger partial charge in [0, 0.05) is 42.9 Å². The quantitative estimate of drug-likeness (QED) is 0.830. The highest BCUT2D eigenvalue weighted by molar-refractivity contribution is 6.31. The fraction of sp³-hybridized carbons (Fsp3) is 0.429. The lowest BCUT2D eigenvalue weighted by Crippen LogP contribution is -2.36. The summed E-state index contributed by atoms with van der Waals surface area (Å²) in [6.07, 6.45) is 0. The van der Waals surface area contributed by atoms with Gasteiger partial charge >= 0.3 is 0 Å². The first-order valence-corrected chi connectivity index (χ1v) is 6.66. The van der Waals surface area contributed by atoms with E-state index in [-0.39, 0.29) is 0 Å². The summed E-state index contributed by atoms with van der Waals surface area (Å²) in [7, 11) is 2.11. The first-order chi connectivity index (χ1) is 8.74. The molecule has 0 bridgehead atoms. The minimum atomic E-state index is 0.793. The van der Waals surface area contributed by atoms with Crippen LogP contribution < -0.4 is 0 Å². The van der Waals surface area contributed by atoms with Gasteiger partial charge in [0.2, 0.25) is 0 Å². The average Bonchev–Trinajstić information content (AvgIpc) is 2.68. The van der Waals surface area contributed by atoms with E-state index in [9.17, 15) is 0 Å². The van der Waals surface area contributed by atoms with Gasteiger partial charge in [0.25, 0.3) is 0 Å². The number of ether oxygens (including phenoxy) is 1. The predicted octanol–water partition coefficient (Wildman–Crippen LogP) is 2.66. The molecule has 2 aromatic rings. The predicted molar refractivity (Wildman–Crippen MR) is 74.0 cm³/mol. The van der Waals surface area contributed by atoms with Crippen LogP contribution in [0.1, 0.15) is 5.69 Å². The lowest BCUT2D eigenvalue weighted by atomic mass is 10.2. The van der Waals surface area contributed by atoms with Crippen molar-refractivity contribution in [2.24, 2.45) is 7.05 Å². The Balaban J connectivity index is 1.89. The molecular weight excluding hydrogens is 248 g/mol. The molecule has 96 valence electrons. The Morgan fingerprint density at radius 1 is 1.22 bits per heavy atom. The van der Waals surface area contributed by atoms with Crippen LogP contribution in [0, 0.1) is 0 Å². The van der Waals surface area contributed by atoms with E-state index in [1.807, 2.05) is 12.1 Å². The van der Waals surface area contributed by atoms with E-state index in [4.69, 9.17) is 16.3 Å². The maximum absolute atomic E-state index is 6.05. The van der Waals surface area contributed by atoms with E-state index < -0.39 is 0 Å². The molecule has 3 nitrogen and oxygen atoms in total. The number of nitrogens with zero attached hydrogens (tertiary/aromatic N) is 2. The Hall–Kier alpha value is -1.03. The van der Waals surface area contributed by atoms with Gasteiger partial charge < -0.3 is 9.30 Å². The van der Waals surface area contributed by atoms with Crippen LogP contribution in [0.5, 0.6) is 0 Å². The molecule has 0 N–H and O–H groups in total. The third-order valence-corrected chi connectivity index (χ3v) is 3.83. The smallest absolute Gasteiger partial charge is 0.0594 e. The standard InChI is InChI=1S/C14H17ClN2O/c1-16-13(10-17-4-6-18-7-5-17)8-11-2-3-12(15)9-14(11)16/h2-3,8-9H,4-7,10H2,1H3. The summed E-state index contributed by atoms with van der Waals surface area (Å²) in [5.74, 6) is 0. The Morgan fingerprint density at radius 2 is 2.00 bits per heavy atom. The van der Waals surface area contributed by atoms with Crippen LogP contribution in [0.4, 0.5) is 0 Å². The number of benzene rings is 1. The van der Waals surface area contributed by atoms with Crippen LogP contribution >= 0.6 is 11.6 Å². The van der Waals surface area contributed by atoms with Crippen molar-refractivity contribution in [1.29, 1.82) is 0 Å². The largest absolute Gasteiger partial charge is 0.379 e. The van der Waals surface area contributed by atoms with E-state index in [0.717, 1.165) is 37.9 Å². The van der Waals surface area contributed by atoms with Gasteiger partial charge in [0.05, 0.1) is 13.2 Å². The molecule has 1 aliphatic heterocycles. The van der Waals surface area contributed by atoms with Crippen LogP contribution in [-0.2, 0) is 18.3 Å². The molecule has 18 heavy (non-hydrogen) atoms. The van der Waals surface area contributed by atoms with Gasteiger partial charge in [-0.05, 0) is 23.6 Å². The van der Waals surface area contributed by atoms with Crippen molar-refractivity contribution in [3.05, 3.63) is 35.0 Å². The molecule has 4 heteroatoms. The highest BCUT2D eigenvalue weighted by atomic mass is 35.5. The number of fused-ring (bicyclic) bond motifs is 1. The Bertz CT molecular complexity index is 558. The number of morpholine rings is 1. The van der Waals surface area contributed by atoms with Gasteiger partial charge in [0.1, 0.15) is 0 Å². The average molecular weight is 265 g/mol. The first-order valence-electron chi connectivity index (χ1n) is 6.28. The summed E-state index contributed by atoms with van der Waals surface area (Å²) in [6, 6.07) is 8.31. The summed E-state index contributed by atoms with van der Waals surface area (Å²) < 4.78 is 7.61. The number of hydrogen-bond donors (Lipinski definition) is 0. The van der Waals surface area contributed by atoms with Gasteiger partial charge in [-0.3, -0.25) is 4.90 Å². The van der Waals surface area contributed by atoms with Gasteiger partial charge in [-0.25, -0.2) is 0 Å². The van der Waals surface area contributed by atoms with E-state index in [1.165, 1.54) is 16.6 Å². The second-order valence-corrected chi connectivity index (χ2v) is 5.22. The number of halogens is 1. The van der Waals surface area contributed by atoms with Gasteiger partial charge in [-0.15, -0.1) is 0 Å². The molecule has 0 spiro atoms. The summed E-state index contributed by atoms with van der Waals surface area (Å²) in [4.78, 5) is 2.43. The van der Waals surface area contributed by atoms with Crippen LogP contribution in [0.3, 0.4) is 0 Å². The number of aryl methyl sites for hydroxylation is 1. The molecule has 0 saturated carbocycles. The summed E-state index contributed by atoms with van der Waals surface area (Å²) >= 11 is 6.05. The van der Waals surface area contributed by atoms with Crippen LogP contribution in [0.15, 0.2) is 24.3 Å². The zero-order valence-corrected chi connectivity index (χ0v) is 11.3. The fourth-order valence-electron chi connectivity index (χ4n) is 2.50. The van der Waals surface area contributed by atoms with Gasteiger partial charge in [-0.1, -0.05) is 17.7 Å². The molecule has 0 amide bonds. The minimum absolute atomic E-state index is 0.793. The van der Waals surface area contributed by atoms with E-state index in [0.29, 0.717) is 0 Å². The zero-order chi connectivity index (χ0) is 12.5. The van der Waals surface area contributed by atoms with Crippen molar-refractivity contribution in [2.45, 2.75) is 6.54 Å². The van der Waals surface area contributed by atoms with Crippen molar-refractivity contribution >= 4 is 22.5 Å². The molecule has 1 fully saturated rings. The Morgan fingerprint density at radius 3 is 2.78 bits per heavy atom. The normalized spacial score (nSPS) is 17.4. The fourth-order valence-corrected chi connectivity index (χ4v) is 2.67.